The Bertz CT molecular complexity index is 648. The second kappa shape index (κ2) is 4.27. The van der Waals surface area contributed by atoms with Gasteiger partial charge in [0.1, 0.15) is 0 Å². The fourth-order valence-corrected chi connectivity index (χ4v) is 3.27. The predicted molar refractivity (Wildman–Crippen MR) is 68.4 cm³/mol. The monoisotopic (exact) mass is 314 g/mol. The molecule has 0 N–H and O–H groups in total. The maximum Gasteiger partial charge on any atom is 0.283 e. The van der Waals surface area contributed by atoms with E-state index in [0.717, 1.165) is 8.56 Å². The predicted octanol–water partition coefficient (Wildman–Crippen LogP) is 2.50. The third kappa shape index (κ3) is 2.02. The average molecular weight is 315 g/mol. The van der Waals surface area contributed by atoms with Gasteiger partial charge in [-0.1, -0.05) is 18.2 Å². The molecule has 0 aliphatic carbocycles. The van der Waals surface area contributed by atoms with Crippen LogP contribution in [0.5, 0.6) is 0 Å². The lowest BCUT2D eigenvalue weighted by Crippen LogP contribution is -2.16. The molecular formula is C11H11BrN2O2S. The SMILES string of the molecule is Cc1nn(S(=O)(=O)c2ccccc2)c(C)c1Br. The molecule has 0 amide bonds. The third-order valence-electron chi connectivity index (χ3n) is 2.43. The molecular weight excluding hydrogens is 304 g/mol. The summed E-state index contributed by atoms with van der Waals surface area (Å²) in [6, 6.07) is 8.26. The highest BCUT2D eigenvalue weighted by molar-refractivity contribution is 9.10. The van der Waals surface area contributed by atoms with Gasteiger partial charge in [-0.25, -0.2) is 0 Å². The smallest absolute Gasteiger partial charge is 0.199 e. The number of hydrogen-bond donors (Lipinski definition) is 0. The van der Waals surface area contributed by atoms with Gasteiger partial charge >= 0.3 is 0 Å². The lowest BCUT2D eigenvalue weighted by atomic mass is 10.4. The van der Waals surface area contributed by atoms with Gasteiger partial charge in [0.05, 0.1) is 20.8 Å². The highest BCUT2D eigenvalue weighted by Crippen LogP contribution is 2.23. The van der Waals surface area contributed by atoms with E-state index in [-0.39, 0.29) is 4.90 Å². The van der Waals surface area contributed by atoms with Crippen LogP contribution in [-0.2, 0) is 10.0 Å². The number of nitrogens with zero attached hydrogens (tertiary/aromatic N) is 2. The van der Waals surface area contributed by atoms with Gasteiger partial charge in [-0.15, -0.1) is 0 Å². The van der Waals surface area contributed by atoms with Crippen molar-refractivity contribution in [2.24, 2.45) is 0 Å². The highest BCUT2D eigenvalue weighted by Gasteiger charge is 2.22. The quantitative estimate of drug-likeness (QED) is 0.855. The summed E-state index contributed by atoms with van der Waals surface area (Å²) in [6.07, 6.45) is 0. The van der Waals surface area contributed by atoms with Crippen molar-refractivity contribution in [2.45, 2.75) is 18.7 Å². The Kier molecular flexibility index (Phi) is 3.09. The molecule has 2 aromatic rings. The normalized spacial score (nSPS) is 11.7. The Morgan fingerprint density at radius 2 is 1.76 bits per heavy atom. The van der Waals surface area contributed by atoms with Gasteiger partial charge in [0.25, 0.3) is 10.0 Å². The highest BCUT2D eigenvalue weighted by atomic mass is 79.9. The zero-order valence-electron chi connectivity index (χ0n) is 9.38. The Morgan fingerprint density at radius 3 is 2.24 bits per heavy atom. The number of aromatic nitrogens is 2. The van der Waals surface area contributed by atoms with Crippen LogP contribution in [0.15, 0.2) is 39.7 Å². The van der Waals surface area contributed by atoms with Crippen LogP contribution in [0, 0.1) is 13.8 Å². The molecule has 1 aromatic heterocycles. The molecule has 0 radical (unpaired) electrons. The van der Waals surface area contributed by atoms with Gasteiger partial charge < -0.3 is 0 Å². The summed E-state index contributed by atoms with van der Waals surface area (Å²) in [5, 5.41) is 4.04. The van der Waals surface area contributed by atoms with Gasteiger partial charge in [-0.05, 0) is 41.9 Å². The number of benzene rings is 1. The zero-order valence-corrected chi connectivity index (χ0v) is 11.8. The van der Waals surface area contributed by atoms with Gasteiger partial charge in [-0.2, -0.15) is 17.6 Å². The summed E-state index contributed by atoms with van der Waals surface area (Å²) < 4.78 is 26.4. The maximum atomic E-state index is 12.3. The summed E-state index contributed by atoms with van der Waals surface area (Å²) in [7, 11) is -3.60. The van der Waals surface area contributed by atoms with Crippen molar-refractivity contribution in [1.82, 2.24) is 9.19 Å². The fourth-order valence-electron chi connectivity index (χ4n) is 1.53. The van der Waals surface area contributed by atoms with E-state index in [0.29, 0.717) is 11.4 Å². The van der Waals surface area contributed by atoms with E-state index in [9.17, 15) is 8.42 Å². The van der Waals surface area contributed by atoms with Crippen molar-refractivity contribution in [1.29, 1.82) is 0 Å². The van der Waals surface area contributed by atoms with Gasteiger partial charge in [-0.3, -0.25) is 0 Å². The second-order valence-corrected chi connectivity index (χ2v) is 6.21. The van der Waals surface area contributed by atoms with Crippen LogP contribution in [-0.4, -0.2) is 17.6 Å². The van der Waals surface area contributed by atoms with Crippen LogP contribution < -0.4 is 0 Å². The number of hydrogen-bond acceptors (Lipinski definition) is 3. The summed E-state index contributed by atoms with van der Waals surface area (Å²) in [5.41, 5.74) is 1.23. The third-order valence-corrected chi connectivity index (χ3v) is 5.26. The first-order valence-corrected chi connectivity index (χ1v) is 7.20. The molecule has 4 nitrogen and oxygen atoms in total. The minimum atomic E-state index is -3.60. The van der Waals surface area contributed by atoms with E-state index in [1.807, 2.05) is 0 Å². The molecule has 0 saturated carbocycles. The Hall–Kier alpha value is -1.14. The molecule has 0 fully saturated rings. The van der Waals surface area contributed by atoms with Crippen molar-refractivity contribution in [3.05, 3.63) is 46.2 Å². The maximum absolute atomic E-state index is 12.3. The van der Waals surface area contributed by atoms with E-state index in [1.54, 1.807) is 44.2 Å². The molecule has 0 saturated heterocycles. The molecule has 0 aliphatic rings. The fraction of sp³-hybridized carbons (Fsp3) is 0.182. The summed E-state index contributed by atoms with van der Waals surface area (Å²) in [4.78, 5) is 0.234. The standard InChI is InChI=1S/C11H11BrN2O2S/c1-8-11(12)9(2)14(13-8)17(15,16)10-6-4-3-5-7-10/h3-7H,1-2H3. The van der Waals surface area contributed by atoms with Crippen molar-refractivity contribution in [2.75, 3.05) is 0 Å². The molecule has 2 rings (SSSR count). The topological polar surface area (TPSA) is 52.0 Å². The van der Waals surface area contributed by atoms with Crippen LogP contribution in [0.3, 0.4) is 0 Å². The largest absolute Gasteiger partial charge is 0.283 e. The van der Waals surface area contributed by atoms with E-state index >= 15 is 0 Å². The van der Waals surface area contributed by atoms with E-state index in [2.05, 4.69) is 21.0 Å². The van der Waals surface area contributed by atoms with E-state index < -0.39 is 10.0 Å². The lowest BCUT2D eigenvalue weighted by molar-refractivity contribution is 0.577. The van der Waals surface area contributed by atoms with Crippen molar-refractivity contribution in [3.63, 3.8) is 0 Å². The average Bonchev–Trinajstić information content (AvgIpc) is 2.59. The molecule has 90 valence electrons. The summed E-state index contributed by atoms with van der Waals surface area (Å²) in [6.45, 7) is 3.47. The molecule has 17 heavy (non-hydrogen) atoms. The van der Waals surface area contributed by atoms with Crippen LogP contribution >= 0.6 is 15.9 Å². The minimum Gasteiger partial charge on any atom is -0.199 e. The molecule has 0 aliphatic heterocycles. The number of rotatable bonds is 2. The first-order valence-electron chi connectivity index (χ1n) is 4.97. The Balaban J connectivity index is 2.65. The number of halogens is 1. The molecule has 1 heterocycles. The van der Waals surface area contributed by atoms with E-state index in [4.69, 9.17) is 0 Å². The van der Waals surface area contributed by atoms with Gasteiger partial charge in [0.2, 0.25) is 0 Å². The first kappa shape index (κ1) is 12.3. The summed E-state index contributed by atoms with van der Waals surface area (Å²) >= 11 is 3.32. The summed E-state index contributed by atoms with van der Waals surface area (Å²) in [5.74, 6) is 0. The van der Waals surface area contributed by atoms with Crippen LogP contribution in [0.2, 0.25) is 0 Å². The Labute approximate surface area is 108 Å². The minimum absolute atomic E-state index is 0.234. The van der Waals surface area contributed by atoms with Gasteiger partial charge in [0.15, 0.2) is 0 Å². The molecule has 6 heteroatoms. The lowest BCUT2D eigenvalue weighted by Gasteiger charge is -2.05. The second-order valence-electron chi connectivity index (χ2n) is 3.65. The molecule has 0 spiro atoms. The van der Waals surface area contributed by atoms with Crippen LogP contribution in [0.1, 0.15) is 11.4 Å². The van der Waals surface area contributed by atoms with Crippen LogP contribution in [0.4, 0.5) is 0 Å². The Morgan fingerprint density at radius 1 is 1.18 bits per heavy atom. The van der Waals surface area contributed by atoms with Crippen LogP contribution in [0.25, 0.3) is 0 Å². The molecule has 0 bridgehead atoms. The number of aryl methyl sites for hydroxylation is 1. The van der Waals surface area contributed by atoms with Gasteiger partial charge in [0, 0.05) is 0 Å². The van der Waals surface area contributed by atoms with Crippen molar-refractivity contribution >= 4 is 26.0 Å². The van der Waals surface area contributed by atoms with Crippen molar-refractivity contribution in [3.8, 4) is 0 Å². The molecule has 0 atom stereocenters. The first-order chi connectivity index (χ1) is 7.94. The molecule has 0 unspecified atom stereocenters. The van der Waals surface area contributed by atoms with Crippen molar-refractivity contribution < 1.29 is 8.42 Å². The molecule has 1 aromatic carbocycles. The van der Waals surface area contributed by atoms with E-state index in [1.165, 1.54) is 0 Å². The zero-order chi connectivity index (χ0) is 12.6.